The van der Waals surface area contributed by atoms with Gasteiger partial charge in [0.15, 0.2) is 4.77 Å². The molecule has 0 saturated heterocycles. The van der Waals surface area contributed by atoms with Gasteiger partial charge in [0, 0.05) is 11.1 Å². The number of hydrogen-bond acceptors (Lipinski definition) is 3. The summed E-state index contributed by atoms with van der Waals surface area (Å²) in [4.78, 5) is 7.73. The van der Waals surface area contributed by atoms with E-state index in [4.69, 9.17) is 12.2 Å². The molecular formula is C13H13N3S2. The van der Waals surface area contributed by atoms with Crippen molar-refractivity contribution < 1.29 is 0 Å². The molecule has 0 radical (unpaired) electrons. The molecule has 3 nitrogen and oxygen atoms in total. The lowest BCUT2D eigenvalue weighted by atomic mass is 10.2. The Kier molecular flexibility index (Phi) is 2.80. The van der Waals surface area contributed by atoms with Crippen molar-refractivity contribution in [3.8, 4) is 0 Å². The first-order valence-electron chi connectivity index (χ1n) is 5.73. The maximum absolute atomic E-state index is 5.39. The molecular weight excluding hydrogens is 262 g/mol. The van der Waals surface area contributed by atoms with Gasteiger partial charge < -0.3 is 9.55 Å². The summed E-state index contributed by atoms with van der Waals surface area (Å²) in [7, 11) is 0. The van der Waals surface area contributed by atoms with Gasteiger partial charge in [0.05, 0.1) is 17.6 Å². The number of aromatic nitrogens is 3. The number of H-pyrrole nitrogens is 1. The summed E-state index contributed by atoms with van der Waals surface area (Å²) < 4.78 is 2.86. The van der Waals surface area contributed by atoms with Gasteiger partial charge in [-0.2, -0.15) is 0 Å². The van der Waals surface area contributed by atoms with E-state index in [9.17, 15) is 0 Å². The van der Waals surface area contributed by atoms with Crippen LogP contribution in [0.3, 0.4) is 0 Å². The van der Waals surface area contributed by atoms with Gasteiger partial charge in [0.25, 0.3) is 0 Å². The summed E-state index contributed by atoms with van der Waals surface area (Å²) in [6.45, 7) is 4.84. The normalized spacial score (nSPS) is 11.2. The second-order valence-corrected chi connectivity index (χ2v) is 5.75. The van der Waals surface area contributed by atoms with Gasteiger partial charge in [-0.1, -0.05) is 6.07 Å². The Bertz CT molecular complexity index is 764. The van der Waals surface area contributed by atoms with E-state index in [0.717, 1.165) is 33.1 Å². The summed E-state index contributed by atoms with van der Waals surface area (Å²) in [5.41, 5.74) is 4.53. The van der Waals surface area contributed by atoms with E-state index < -0.39 is 0 Å². The highest BCUT2D eigenvalue weighted by molar-refractivity contribution is 7.71. The lowest BCUT2D eigenvalue weighted by Crippen LogP contribution is -1.99. The zero-order valence-electron chi connectivity index (χ0n) is 10.2. The fraction of sp³-hybridized carbons (Fsp3) is 0.231. The van der Waals surface area contributed by atoms with Crippen LogP contribution in [0.5, 0.6) is 0 Å². The smallest absolute Gasteiger partial charge is 0.178 e. The molecule has 0 atom stereocenters. The number of aromatic amines is 1. The molecule has 0 amide bonds. The molecule has 0 unspecified atom stereocenters. The zero-order chi connectivity index (χ0) is 12.7. The number of thiazole rings is 1. The Morgan fingerprint density at radius 2 is 2.22 bits per heavy atom. The highest BCUT2D eigenvalue weighted by Crippen LogP contribution is 2.19. The number of hydrogen-bond donors (Lipinski definition) is 1. The second kappa shape index (κ2) is 4.33. The van der Waals surface area contributed by atoms with Gasteiger partial charge in [-0.25, -0.2) is 4.98 Å². The molecule has 0 aliphatic rings. The molecule has 2 heterocycles. The highest BCUT2D eigenvalue weighted by atomic mass is 32.1. The van der Waals surface area contributed by atoms with Crippen LogP contribution < -0.4 is 0 Å². The summed E-state index contributed by atoms with van der Waals surface area (Å²) in [5.74, 6) is 0. The largest absolute Gasteiger partial charge is 0.331 e. The Balaban J connectivity index is 2.13. The first-order valence-corrected chi connectivity index (χ1v) is 7.02. The van der Waals surface area contributed by atoms with Crippen LogP contribution in [0.2, 0.25) is 0 Å². The summed E-state index contributed by atoms with van der Waals surface area (Å²) >= 11 is 7.06. The number of rotatable bonds is 2. The van der Waals surface area contributed by atoms with Gasteiger partial charge in [-0.3, -0.25) is 0 Å². The van der Waals surface area contributed by atoms with Crippen molar-refractivity contribution in [2.45, 2.75) is 20.4 Å². The van der Waals surface area contributed by atoms with E-state index in [-0.39, 0.29) is 0 Å². The predicted molar refractivity (Wildman–Crippen MR) is 77.8 cm³/mol. The third-order valence-electron chi connectivity index (χ3n) is 2.89. The average Bonchev–Trinajstić information content (AvgIpc) is 2.86. The third kappa shape index (κ3) is 2.00. The minimum absolute atomic E-state index is 0.737. The maximum Gasteiger partial charge on any atom is 0.178 e. The molecule has 5 heteroatoms. The van der Waals surface area contributed by atoms with E-state index >= 15 is 0 Å². The predicted octanol–water partition coefficient (Wildman–Crippen LogP) is 3.82. The van der Waals surface area contributed by atoms with Crippen LogP contribution in [0.1, 0.15) is 16.3 Å². The lowest BCUT2D eigenvalue weighted by molar-refractivity contribution is 0.800. The second-order valence-electron chi connectivity index (χ2n) is 4.42. The van der Waals surface area contributed by atoms with Crippen molar-refractivity contribution in [3.05, 3.63) is 44.6 Å². The van der Waals surface area contributed by atoms with Crippen LogP contribution in [0.25, 0.3) is 11.0 Å². The van der Waals surface area contributed by atoms with Crippen molar-refractivity contribution in [1.29, 1.82) is 0 Å². The lowest BCUT2D eigenvalue weighted by Gasteiger charge is -2.02. The first kappa shape index (κ1) is 11.6. The number of aryl methyl sites for hydroxylation is 2. The molecule has 3 aromatic rings. The van der Waals surface area contributed by atoms with Gasteiger partial charge in [0.1, 0.15) is 5.01 Å². The van der Waals surface area contributed by atoms with E-state index in [1.165, 1.54) is 5.56 Å². The molecule has 0 aliphatic heterocycles. The molecule has 18 heavy (non-hydrogen) atoms. The Hall–Kier alpha value is -1.46. The highest BCUT2D eigenvalue weighted by Gasteiger charge is 2.07. The molecule has 0 saturated carbocycles. The molecule has 3 rings (SSSR count). The van der Waals surface area contributed by atoms with Crippen LogP contribution in [0.4, 0.5) is 0 Å². The zero-order valence-corrected chi connectivity index (χ0v) is 11.9. The summed E-state index contributed by atoms with van der Waals surface area (Å²) in [6.07, 6.45) is 0. The number of nitrogens with zero attached hydrogens (tertiary/aromatic N) is 2. The van der Waals surface area contributed by atoms with Gasteiger partial charge in [-0.15, -0.1) is 11.3 Å². The van der Waals surface area contributed by atoms with Gasteiger partial charge >= 0.3 is 0 Å². The molecule has 92 valence electrons. The molecule has 0 aliphatic carbocycles. The van der Waals surface area contributed by atoms with Crippen molar-refractivity contribution in [1.82, 2.24) is 14.5 Å². The first-order chi connectivity index (χ1) is 8.63. The van der Waals surface area contributed by atoms with Gasteiger partial charge in [0.2, 0.25) is 0 Å². The molecule has 1 aromatic carbocycles. The Labute approximate surface area is 114 Å². The van der Waals surface area contributed by atoms with Crippen LogP contribution in [0.15, 0.2) is 23.6 Å². The SMILES string of the molecule is Cc1ccc2[nH]c(=S)n(Cc3nc(C)cs3)c2c1. The van der Waals surface area contributed by atoms with E-state index in [1.54, 1.807) is 11.3 Å². The molecule has 2 aromatic heterocycles. The third-order valence-corrected chi connectivity index (χ3v) is 4.16. The fourth-order valence-electron chi connectivity index (χ4n) is 2.03. The van der Waals surface area contributed by atoms with Crippen LogP contribution >= 0.6 is 23.6 Å². The van der Waals surface area contributed by atoms with Crippen LogP contribution in [-0.4, -0.2) is 14.5 Å². The minimum Gasteiger partial charge on any atom is -0.331 e. The maximum atomic E-state index is 5.39. The Morgan fingerprint density at radius 1 is 1.39 bits per heavy atom. The monoisotopic (exact) mass is 275 g/mol. The van der Waals surface area contributed by atoms with E-state index in [2.05, 4.69) is 45.0 Å². The van der Waals surface area contributed by atoms with Crippen LogP contribution in [-0.2, 0) is 6.54 Å². The molecule has 0 fully saturated rings. The van der Waals surface area contributed by atoms with E-state index in [1.807, 2.05) is 6.92 Å². The summed E-state index contributed by atoms with van der Waals surface area (Å²) in [5, 5.41) is 3.16. The van der Waals surface area contributed by atoms with Crippen molar-refractivity contribution in [2.75, 3.05) is 0 Å². The van der Waals surface area contributed by atoms with Gasteiger partial charge in [-0.05, 0) is 43.8 Å². The van der Waals surface area contributed by atoms with E-state index in [0.29, 0.717) is 0 Å². The number of fused-ring (bicyclic) bond motifs is 1. The van der Waals surface area contributed by atoms with Crippen molar-refractivity contribution in [3.63, 3.8) is 0 Å². The van der Waals surface area contributed by atoms with Crippen LogP contribution in [0, 0.1) is 18.6 Å². The quantitative estimate of drug-likeness (QED) is 0.721. The standard InChI is InChI=1S/C13H13N3S2/c1-8-3-4-10-11(5-8)16(13(17)15-10)6-12-14-9(2)7-18-12/h3-5,7H,6H2,1-2H3,(H,15,17). The number of imidazole rings is 1. The average molecular weight is 275 g/mol. The fourth-order valence-corrected chi connectivity index (χ4v) is 3.06. The minimum atomic E-state index is 0.737. The Morgan fingerprint density at radius 3 is 2.94 bits per heavy atom. The number of benzene rings is 1. The van der Waals surface area contributed by atoms with Crippen molar-refractivity contribution in [2.24, 2.45) is 0 Å². The number of nitrogens with one attached hydrogen (secondary N) is 1. The van der Waals surface area contributed by atoms with Crippen molar-refractivity contribution >= 4 is 34.6 Å². The summed E-state index contributed by atoms with van der Waals surface area (Å²) in [6, 6.07) is 6.32. The topological polar surface area (TPSA) is 33.6 Å². The molecule has 1 N–H and O–H groups in total. The molecule has 0 spiro atoms. The molecule has 0 bridgehead atoms.